The maximum absolute atomic E-state index is 10.2. The molecule has 2 aromatic rings. The summed E-state index contributed by atoms with van der Waals surface area (Å²) < 4.78 is 2.48. The number of halogens is 2. The van der Waals surface area contributed by atoms with E-state index in [0.29, 0.717) is 17.1 Å². The lowest BCUT2D eigenvalue weighted by atomic mass is 10.1. The van der Waals surface area contributed by atoms with Crippen molar-refractivity contribution < 1.29 is 5.11 Å². The predicted molar refractivity (Wildman–Crippen MR) is 73.6 cm³/mol. The van der Waals surface area contributed by atoms with Gasteiger partial charge in [0.25, 0.3) is 0 Å². The molecule has 0 spiro atoms. The zero-order chi connectivity index (χ0) is 13.3. The molecule has 2 aromatic heterocycles. The summed E-state index contributed by atoms with van der Waals surface area (Å²) in [7, 11) is 1.81. The normalized spacial score (nSPS) is 12.7. The minimum absolute atomic E-state index is 0.381. The molecule has 0 saturated carbocycles. The molecule has 0 aliphatic rings. The van der Waals surface area contributed by atoms with Crippen LogP contribution in [0.15, 0.2) is 22.8 Å². The van der Waals surface area contributed by atoms with E-state index in [2.05, 4.69) is 26.0 Å². The number of nitrogens with zero attached hydrogens (tertiary/aromatic N) is 3. The van der Waals surface area contributed by atoms with E-state index in [1.54, 1.807) is 10.9 Å². The number of aryl methyl sites for hydroxylation is 2. The topological polar surface area (TPSA) is 50.9 Å². The van der Waals surface area contributed by atoms with E-state index in [9.17, 15) is 5.11 Å². The van der Waals surface area contributed by atoms with Crippen molar-refractivity contribution in [1.29, 1.82) is 0 Å². The second kappa shape index (κ2) is 5.38. The number of aromatic nitrogens is 3. The van der Waals surface area contributed by atoms with Gasteiger partial charge in [-0.15, -0.1) is 0 Å². The van der Waals surface area contributed by atoms with Crippen LogP contribution >= 0.6 is 27.5 Å². The summed E-state index contributed by atoms with van der Waals surface area (Å²) in [6.45, 7) is 1.84. The molecule has 0 bridgehead atoms. The monoisotopic (exact) mass is 329 g/mol. The predicted octanol–water partition coefficient (Wildman–Crippen LogP) is 2.82. The Morgan fingerprint density at radius 1 is 1.56 bits per heavy atom. The van der Waals surface area contributed by atoms with Crippen molar-refractivity contribution in [2.45, 2.75) is 19.4 Å². The molecule has 1 N–H and O–H groups in total. The maximum atomic E-state index is 10.2. The molecule has 96 valence electrons. The highest BCUT2D eigenvalue weighted by atomic mass is 79.9. The lowest BCUT2D eigenvalue weighted by Crippen LogP contribution is -2.08. The average Bonchev–Trinajstić information content (AvgIpc) is 2.56. The Bertz CT molecular complexity index is 570. The van der Waals surface area contributed by atoms with E-state index >= 15 is 0 Å². The summed E-state index contributed by atoms with van der Waals surface area (Å²) in [5.41, 5.74) is 2.17. The molecule has 0 amide bonds. The number of aliphatic hydroxyl groups excluding tert-OH is 1. The molecule has 2 rings (SSSR count). The van der Waals surface area contributed by atoms with E-state index in [0.717, 1.165) is 15.9 Å². The van der Waals surface area contributed by atoms with E-state index in [4.69, 9.17) is 11.6 Å². The molecule has 0 aromatic carbocycles. The van der Waals surface area contributed by atoms with Crippen LogP contribution in [0, 0.1) is 6.92 Å². The van der Waals surface area contributed by atoms with Crippen LogP contribution in [-0.2, 0) is 13.5 Å². The van der Waals surface area contributed by atoms with Gasteiger partial charge in [0, 0.05) is 24.1 Å². The van der Waals surface area contributed by atoms with Crippen molar-refractivity contribution in [2.75, 3.05) is 0 Å². The highest BCUT2D eigenvalue weighted by Gasteiger charge is 2.19. The number of pyridine rings is 1. The molecular weight excluding hydrogens is 318 g/mol. The summed E-state index contributed by atoms with van der Waals surface area (Å²) in [5, 5.41) is 15.0. The molecule has 4 nitrogen and oxygen atoms in total. The summed E-state index contributed by atoms with van der Waals surface area (Å²) in [6, 6.07) is 3.66. The Kier molecular flexibility index (Phi) is 4.04. The first-order valence-corrected chi connectivity index (χ1v) is 6.64. The van der Waals surface area contributed by atoms with E-state index in [1.165, 1.54) is 0 Å². The average molecular weight is 331 g/mol. The molecule has 18 heavy (non-hydrogen) atoms. The third-order valence-electron chi connectivity index (χ3n) is 2.75. The fourth-order valence-corrected chi connectivity index (χ4v) is 2.58. The van der Waals surface area contributed by atoms with Gasteiger partial charge in [0.05, 0.1) is 22.1 Å². The van der Waals surface area contributed by atoms with E-state index < -0.39 is 6.10 Å². The van der Waals surface area contributed by atoms with Gasteiger partial charge in [0.2, 0.25) is 0 Å². The van der Waals surface area contributed by atoms with Crippen molar-refractivity contribution >= 4 is 27.5 Å². The zero-order valence-electron chi connectivity index (χ0n) is 10.1. The van der Waals surface area contributed by atoms with Gasteiger partial charge in [-0.2, -0.15) is 5.10 Å². The van der Waals surface area contributed by atoms with Gasteiger partial charge in [0.15, 0.2) is 0 Å². The van der Waals surface area contributed by atoms with Crippen LogP contribution in [0.3, 0.4) is 0 Å². The molecule has 0 aliphatic carbocycles. The van der Waals surface area contributed by atoms with Gasteiger partial charge in [0.1, 0.15) is 6.10 Å². The van der Waals surface area contributed by atoms with Crippen LogP contribution in [0.1, 0.15) is 23.2 Å². The Morgan fingerprint density at radius 3 is 2.83 bits per heavy atom. The SMILES string of the molecule is Cc1nn(C)c(CC(O)c2ncccc2Br)c1Cl. The summed E-state index contributed by atoms with van der Waals surface area (Å²) in [6.07, 6.45) is 1.32. The highest BCUT2D eigenvalue weighted by Crippen LogP contribution is 2.27. The molecule has 6 heteroatoms. The van der Waals surface area contributed by atoms with Gasteiger partial charge >= 0.3 is 0 Å². The standard InChI is InChI=1S/C12H13BrClN3O/c1-7-11(14)9(17(2)16-7)6-10(18)12-8(13)4-3-5-15-12/h3-5,10,18H,6H2,1-2H3. The van der Waals surface area contributed by atoms with Gasteiger partial charge < -0.3 is 5.11 Å². The lowest BCUT2D eigenvalue weighted by Gasteiger charge is -2.12. The van der Waals surface area contributed by atoms with Crippen molar-refractivity contribution in [3.8, 4) is 0 Å². The quantitative estimate of drug-likeness (QED) is 0.941. The van der Waals surface area contributed by atoms with Crippen LogP contribution in [0.25, 0.3) is 0 Å². The summed E-state index contributed by atoms with van der Waals surface area (Å²) in [5.74, 6) is 0. The second-order valence-corrected chi connectivity index (χ2v) is 5.29. The van der Waals surface area contributed by atoms with Crippen molar-refractivity contribution in [1.82, 2.24) is 14.8 Å². The number of hydrogen-bond donors (Lipinski definition) is 1. The molecule has 0 fully saturated rings. The zero-order valence-corrected chi connectivity index (χ0v) is 12.4. The third kappa shape index (κ3) is 2.58. The van der Waals surface area contributed by atoms with Gasteiger partial charge in [-0.25, -0.2) is 0 Å². The largest absolute Gasteiger partial charge is 0.386 e. The first kappa shape index (κ1) is 13.5. The van der Waals surface area contributed by atoms with Gasteiger partial charge in [-0.05, 0) is 35.0 Å². The molecule has 0 aliphatic heterocycles. The van der Waals surface area contributed by atoms with Gasteiger partial charge in [-0.3, -0.25) is 9.67 Å². The number of rotatable bonds is 3. The second-order valence-electron chi connectivity index (χ2n) is 4.06. The molecule has 2 heterocycles. The Hall–Kier alpha value is -0.910. The smallest absolute Gasteiger partial charge is 0.103 e. The number of hydrogen-bond acceptors (Lipinski definition) is 3. The first-order chi connectivity index (χ1) is 8.50. The van der Waals surface area contributed by atoms with Crippen molar-refractivity contribution in [2.24, 2.45) is 7.05 Å². The molecule has 1 atom stereocenters. The van der Waals surface area contributed by atoms with Crippen LogP contribution in [0.5, 0.6) is 0 Å². The van der Waals surface area contributed by atoms with Crippen LogP contribution in [-0.4, -0.2) is 19.9 Å². The van der Waals surface area contributed by atoms with Crippen LogP contribution in [0.4, 0.5) is 0 Å². The Balaban J connectivity index is 2.27. The maximum Gasteiger partial charge on any atom is 0.103 e. The van der Waals surface area contributed by atoms with Crippen molar-refractivity contribution in [3.05, 3.63) is 44.9 Å². The van der Waals surface area contributed by atoms with Crippen molar-refractivity contribution in [3.63, 3.8) is 0 Å². The summed E-state index contributed by atoms with van der Waals surface area (Å²) >= 11 is 9.53. The Labute approximate surface area is 119 Å². The minimum Gasteiger partial charge on any atom is -0.386 e. The number of aliphatic hydroxyl groups is 1. The third-order valence-corrected chi connectivity index (χ3v) is 3.91. The van der Waals surface area contributed by atoms with E-state index in [1.807, 2.05) is 26.1 Å². The highest BCUT2D eigenvalue weighted by molar-refractivity contribution is 9.10. The fraction of sp³-hybridized carbons (Fsp3) is 0.333. The van der Waals surface area contributed by atoms with Crippen LogP contribution < -0.4 is 0 Å². The minimum atomic E-state index is -0.715. The first-order valence-electron chi connectivity index (χ1n) is 5.47. The molecule has 0 saturated heterocycles. The Morgan fingerprint density at radius 2 is 2.28 bits per heavy atom. The molecule has 0 radical (unpaired) electrons. The van der Waals surface area contributed by atoms with E-state index in [-0.39, 0.29) is 0 Å². The fourth-order valence-electron chi connectivity index (χ4n) is 1.82. The molecule has 1 unspecified atom stereocenters. The lowest BCUT2D eigenvalue weighted by molar-refractivity contribution is 0.170. The van der Waals surface area contributed by atoms with Gasteiger partial charge in [-0.1, -0.05) is 11.6 Å². The molecular formula is C12H13BrClN3O. The van der Waals surface area contributed by atoms with Crippen LogP contribution in [0.2, 0.25) is 5.02 Å². The summed E-state index contributed by atoms with van der Waals surface area (Å²) in [4.78, 5) is 4.17.